The summed E-state index contributed by atoms with van der Waals surface area (Å²) >= 11 is 6.03. The van der Waals surface area contributed by atoms with Gasteiger partial charge in [0.2, 0.25) is 0 Å². The number of nitrogens with one attached hydrogen (secondary N) is 1. The van der Waals surface area contributed by atoms with Crippen LogP contribution in [-0.2, 0) is 0 Å². The average molecular weight is 274 g/mol. The molecule has 0 spiro atoms. The fraction of sp³-hybridized carbons (Fsp3) is 0.294. The zero-order valence-electron chi connectivity index (χ0n) is 11.7. The van der Waals surface area contributed by atoms with Gasteiger partial charge in [0.15, 0.2) is 0 Å². The molecular formula is C17H20ClN. The molecule has 2 rings (SSSR count). The Kier molecular flexibility index (Phi) is 4.62. The topological polar surface area (TPSA) is 12.0 Å². The van der Waals surface area contributed by atoms with E-state index in [-0.39, 0.29) is 6.04 Å². The Morgan fingerprint density at radius 1 is 0.895 bits per heavy atom. The van der Waals surface area contributed by atoms with Crippen molar-refractivity contribution in [1.29, 1.82) is 0 Å². The van der Waals surface area contributed by atoms with Crippen LogP contribution >= 0.6 is 11.6 Å². The molecule has 0 fully saturated rings. The quantitative estimate of drug-likeness (QED) is 0.821. The zero-order chi connectivity index (χ0) is 13.8. The van der Waals surface area contributed by atoms with Crippen LogP contribution in [0.15, 0.2) is 48.5 Å². The van der Waals surface area contributed by atoms with Gasteiger partial charge < -0.3 is 5.32 Å². The third kappa shape index (κ3) is 3.82. The summed E-state index contributed by atoms with van der Waals surface area (Å²) in [7, 11) is 0. The highest BCUT2D eigenvalue weighted by atomic mass is 35.5. The van der Waals surface area contributed by atoms with E-state index in [2.05, 4.69) is 56.4 Å². The molecular weight excluding hydrogens is 254 g/mol. The predicted molar refractivity (Wildman–Crippen MR) is 82.6 cm³/mol. The maximum Gasteiger partial charge on any atom is 0.0409 e. The molecule has 2 aromatic carbocycles. The standard InChI is InChI=1S/C17H20ClN/c1-12-7-9-15(10-8-12)13(2)19-14(3)16-5-4-6-17(18)11-16/h4-11,13-14,19H,1-3H3/t13?,14-/m0/s1. The van der Waals surface area contributed by atoms with Gasteiger partial charge in [0.25, 0.3) is 0 Å². The van der Waals surface area contributed by atoms with Crippen molar-refractivity contribution in [3.63, 3.8) is 0 Å². The van der Waals surface area contributed by atoms with Crippen molar-refractivity contribution < 1.29 is 0 Å². The van der Waals surface area contributed by atoms with E-state index in [1.54, 1.807) is 0 Å². The van der Waals surface area contributed by atoms with E-state index in [0.717, 1.165) is 5.02 Å². The lowest BCUT2D eigenvalue weighted by molar-refractivity contribution is 0.494. The van der Waals surface area contributed by atoms with Crippen molar-refractivity contribution in [2.24, 2.45) is 0 Å². The average Bonchev–Trinajstić information content (AvgIpc) is 2.39. The number of benzene rings is 2. The molecule has 1 unspecified atom stereocenters. The highest BCUT2D eigenvalue weighted by molar-refractivity contribution is 6.30. The molecule has 0 aromatic heterocycles. The van der Waals surface area contributed by atoms with Crippen molar-refractivity contribution in [3.8, 4) is 0 Å². The Bertz CT molecular complexity index is 533. The minimum atomic E-state index is 0.273. The molecule has 0 aliphatic heterocycles. The summed E-state index contributed by atoms with van der Waals surface area (Å²) in [4.78, 5) is 0. The molecule has 100 valence electrons. The molecule has 2 aromatic rings. The third-order valence-corrected chi connectivity index (χ3v) is 3.66. The van der Waals surface area contributed by atoms with E-state index < -0.39 is 0 Å². The van der Waals surface area contributed by atoms with Gasteiger partial charge in [0, 0.05) is 17.1 Å². The fourth-order valence-corrected chi connectivity index (χ4v) is 2.40. The summed E-state index contributed by atoms with van der Waals surface area (Å²) in [6.45, 7) is 6.46. The van der Waals surface area contributed by atoms with E-state index in [4.69, 9.17) is 11.6 Å². The largest absolute Gasteiger partial charge is 0.304 e. The Morgan fingerprint density at radius 2 is 1.53 bits per heavy atom. The molecule has 0 aliphatic rings. The van der Waals surface area contributed by atoms with E-state index >= 15 is 0 Å². The normalized spacial score (nSPS) is 14.1. The van der Waals surface area contributed by atoms with Gasteiger partial charge in [0.1, 0.15) is 0 Å². The molecule has 0 aliphatic carbocycles. The molecule has 1 nitrogen and oxygen atoms in total. The molecule has 0 amide bonds. The lowest BCUT2D eigenvalue weighted by Crippen LogP contribution is -2.22. The molecule has 0 heterocycles. The summed E-state index contributed by atoms with van der Waals surface area (Å²) in [6, 6.07) is 17.3. The van der Waals surface area contributed by atoms with Crippen molar-refractivity contribution in [3.05, 3.63) is 70.2 Å². The van der Waals surface area contributed by atoms with Crippen LogP contribution in [0.5, 0.6) is 0 Å². The van der Waals surface area contributed by atoms with Crippen LogP contribution in [0.4, 0.5) is 0 Å². The third-order valence-electron chi connectivity index (χ3n) is 3.43. The summed E-state index contributed by atoms with van der Waals surface area (Å²) < 4.78 is 0. The second-order valence-electron chi connectivity index (χ2n) is 5.08. The van der Waals surface area contributed by atoms with Crippen LogP contribution in [0.3, 0.4) is 0 Å². The first-order valence-corrected chi connectivity index (χ1v) is 7.02. The first-order valence-electron chi connectivity index (χ1n) is 6.64. The van der Waals surface area contributed by atoms with Crippen LogP contribution < -0.4 is 5.32 Å². The molecule has 0 saturated carbocycles. The second-order valence-corrected chi connectivity index (χ2v) is 5.51. The first kappa shape index (κ1) is 14.1. The van der Waals surface area contributed by atoms with Crippen molar-refractivity contribution in [2.75, 3.05) is 0 Å². The first-order chi connectivity index (χ1) is 9.06. The van der Waals surface area contributed by atoms with Crippen LogP contribution in [0.2, 0.25) is 5.02 Å². The van der Waals surface area contributed by atoms with Crippen molar-refractivity contribution in [1.82, 2.24) is 5.32 Å². The second kappa shape index (κ2) is 6.23. The molecule has 2 atom stereocenters. The predicted octanol–water partition coefficient (Wildman–Crippen LogP) is 5.06. The molecule has 0 bridgehead atoms. The molecule has 2 heteroatoms. The molecule has 19 heavy (non-hydrogen) atoms. The van der Waals surface area contributed by atoms with E-state index in [9.17, 15) is 0 Å². The minimum Gasteiger partial charge on any atom is -0.304 e. The van der Waals surface area contributed by atoms with Gasteiger partial charge in [-0.2, -0.15) is 0 Å². The number of halogens is 1. The van der Waals surface area contributed by atoms with Crippen LogP contribution in [0, 0.1) is 6.92 Å². The van der Waals surface area contributed by atoms with E-state index in [1.807, 2.05) is 18.2 Å². The maximum absolute atomic E-state index is 6.03. The van der Waals surface area contributed by atoms with Crippen LogP contribution in [0.1, 0.15) is 42.6 Å². The highest BCUT2D eigenvalue weighted by Gasteiger charge is 2.11. The smallest absolute Gasteiger partial charge is 0.0409 e. The van der Waals surface area contributed by atoms with Gasteiger partial charge in [-0.25, -0.2) is 0 Å². The zero-order valence-corrected chi connectivity index (χ0v) is 12.4. The number of rotatable bonds is 4. The van der Waals surface area contributed by atoms with Gasteiger partial charge in [-0.05, 0) is 44.0 Å². The van der Waals surface area contributed by atoms with E-state index in [0.29, 0.717) is 6.04 Å². The maximum atomic E-state index is 6.03. The number of hydrogen-bond acceptors (Lipinski definition) is 1. The summed E-state index contributed by atoms with van der Waals surface area (Å²) in [6.07, 6.45) is 0. The number of aryl methyl sites for hydroxylation is 1. The van der Waals surface area contributed by atoms with Gasteiger partial charge in [0.05, 0.1) is 0 Å². The Balaban J connectivity index is 2.06. The molecule has 0 radical (unpaired) electrons. The molecule has 1 N–H and O–H groups in total. The summed E-state index contributed by atoms with van der Waals surface area (Å²) in [5, 5.41) is 4.39. The monoisotopic (exact) mass is 273 g/mol. The molecule has 0 saturated heterocycles. The fourth-order valence-electron chi connectivity index (χ4n) is 2.20. The van der Waals surface area contributed by atoms with Crippen molar-refractivity contribution in [2.45, 2.75) is 32.9 Å². The van der Waals surface area contributed by atoms with Crippen molar-refractivity contribution >= 4 is 11.6 Å². The van der Waals surface area contributed by atoms with Gasteiger partial charge in [-0.1, -0.05) is 53.6 Å². The summed E-state index contributed by atoms with van der Waals surface area (Å²) in [5.41, 5.74) is 3.81. The summed E-state index contributed by atoms with van der Waals surface area (Å²) in [5.74, 6) is 0. The van der Waals surface area contributed by atoms with Gasteiger partial charge in [-0.15, -0.1) is 0 Å². The SMILES string of the molecule is Cc1ccc(C(C)N[C@@H](C)c2cccc(Cl)c2)cc1. The lowest BCUT2D eigenvalue weighted by Gasteiger charge is -2.21. The Labute approximate surface area is 120 Å². The Hall–Kier alpha value is -1.31. The van der Waals surface area contributed by atoms with E-state index in [1.165, 1.54) is 16.7 Å². The van der Waals surface area contributed by atoms with Gasteiger partial charge >= 0.3 is 0 Å². The number of hydrogen-bond donors (Lipinski definition) is 1. The van der Waals surface area contributed by atoms with Crippen LogP contribution in [-0.4, -0.2) is 0 Å². The Morgan fingerprint density at radius 3 is 2.16 bits per heavy atom. The minimum absolute atomic E-state index is 0.273. The van der Waals surface area contributed by atoms with Crippen LogP contribution in [0.25, 0.3) is 0 Å². The van der Waals surface area contributed by atoms with Gasteiger partial charge in [-0.3, -0.25) is 0 Å². The highest BCUT2D eigenvalue weighted by Crippen LogP contribution is 2.21. The lowest BCUT2D eigenvalue weighted by atomic mass is 10.0.